The molecule has 4 fully saturated rings. The van der Waals surface area contributed by atoms with E-state index >= 15 is 4.39 Å². The number of hydrogen-bond acceptors (Lipinski definition) is 15. The van der Waals surface area contributed by atoms with E-state index < -0.39 is 36.0 Å². The molecule has 0 radical (unpaired) electrons. The molecule has 18 nitrogen and oxygen atoms in total. The number of piperazine rings is 1. The van der Waals surface area contributed by atoms with Gasteiger partial charge in [-0.05, 0) is 89.2 Å². The Morgan fingerprint density at radius 3 is 2.43 bits per heavy atom. The third kappa shape index (κ3) is 12.1. The monoisotopic (exact) mass is 1160 g/mol. The zero-order valence-electron chi connectivity index (χ0n) is 48.8. The lowest BCUT2D eigenvalue weighted by atomic mass is 9.72. The molecular weight excluding hydrogens is 1090 g/mol. The van der Waals surface area contributed by atoms with Gasteiger partial charge in [0.2, 0.25) is 11.8 Å². The molecule has 0 saturated carbocycles. The number of carbonyl (C=O) groups is 3. The van der Waals surface area contributed by atoms with E-state index in [0.29, 0.717) is 41.4 Å². The Balaban J connectivity index is 0.00000389. The number of nitrogens with zero attached hydrogens (tertiary/aromatic N) is 11. The number of aromatic nitrogens is 5. The highest BCUT2D eigenvalue weighted by molar-refractivity contribution is 6.33. The van der Waals surface area contributed by atoms with Crippen molar-refractivity contribution in [2.24, 2.45) is 18.4 Å². The lowest BCUT2D eigenvalue weighted by Gasteiger charge is -2.54. The quantitative estimate of drug-likeness (QED) is 0.0870. The number of amides is 2. The van der Waals surface area contributed by atoms with Crippen molar-refractivity contribution in [2.75, 3.05) is 75.3 Å². The zero-order chi connectivity index (χ0) is 59.6. The summed E-state index contributed by atoms with van der Waals surface area (Å²) in [6.07, 6.45) is 5.60. The van der Waals surface area contributed by atoms with Crippen LogP contribution in [0.2, 0.25) is 5.02 Å². The number of carbonyl (C=O) groups excluding carboxylic acids is 3. The highest BCUT2D eigenvalue weighted by Crippen LogP contribution is 2.44. The molecule has 5 aliphatic rings. The average Bonchev–Trinajstić information content (AvgIpc) is 3.13. The number of rotatable bonds is 17. The van der Waals surface area contributed by atoms with Crippen LogP contribution in [0.5, 0.6) is 6.01 Å². The Morgan fingerprint density at radius 2 is 1.73 bits per heavy atom. The van der Waals surface area contributed by atoms with Gasteiger partial charge in [0.1, 0.15) is 23.9 Å². The van der Waals surface area contributed by atoms with E-state index in [1.807, 2.05) is 112 Å². The summed E-state index contributed by atoms with van der Waals surface area (Å²) in [6, 6.07) is 22.0. The maximum atomic E-state index is 17.3. The third-order valence-corrected chi connectivity index (χ3v) is 17.8. The number of aliphatic hydroxyl groups is 2. The number of piperidine rings is 1. The Morgan fingerprint density at radius 1 is 0.976 bits per heavy atom. The number of hydrogen-bond donors (Lipinski definition) is 2. The van der Waals surface area contributed by atoms with Gasteiger partial charge < -0.3 is 39.1 Å². The zero-order valence-corrected chi connectivity index (χ0v) is 49.5. The highest BCUT2D eigenvalue weighted by Gasteiger charge is 2.47. The number of halogens is 2. The first-order chi connectivity index (χ1) is 40.5. The van der Waals surface area contributed by atoms with Gasteiger partial charge in [0.15, 0.2) is 23.2 Å². The number of aliphatic hydroxyl groups excluding tert-OH is 2. The second-order valence-corrected chi connectivity index (χ2v) is 23.7. The molecule has 442 valence electrons. The van der Waals surface area contributed by atoms with E-state index in [2.05, 4.69) is 37.7 Å². The van der Waals surface area contributed by atoms with Crippen LogP contribution in [0.4, 0.5) is 16.0 Å². The van der Waals surface area contributed by atoms with Gasteiger partial charge in [-0.3, -0.25) is 24.0 Å². The minimum atomic E-state index is -0.846. The first-order valence-electron chi connectivity index (χ1n) is 29.4. The number of Topliss-reactive ketones (excluding diaryl/α,β-unsaturated/α-hetero) is 1. The Labute approximate surface area is 494 Å². The molecule has 20 heteroatoms. The van der Waals surface area contributed by atoms with Crippen LogP contribution in [0.3, 0.4) is 0 Å². The van der Waals surface area contributed by atoms with Gasteiger partial charge in [-0.2, -0.15) is 20.3 Å². The Hall–Kier alpha value is -7.50. The van der Waals surface area contributed by atoms with Crippen LogP contribution >= 0.6 is 11.6 Å². The SMILES string of the molecule is C=CC(=O)N1CCN(c2nc(OCCN3CCC4(CC3)CN(c3cc([C@H](C(=O)N5C[C@H](O)C[C@H]5C(=O)C[C@@H](C)c5ccc(-c6ccnn6C)cc5)C(C)C)on3)C4)nc3c(F)c(C4=c5ccccc5=C[C@@H](O)C4)c(Cl)cc23)C[C@@H]1CC#N.CC. The summed E-state index contributed by atoms with van der Waals surface area (Å²) in [4.78, 5) is 60.5. The fourth-order valence-corrected chi connectivity index (χ4v) is 13.3. The number of β-amino-alcohol motifs (C(OH)–C–C–N with tert-alkyl or cyclic N) is 1. The lowest BCUT2D eigenvalue weighted by Crippen LogP contribution is -2.60. The van der Waals surface area contributed by atoms with E-state index in [9.17, 15) is 29.9 Å². The summed E-state index contributed by atoms with van der Waals surface area (Å²) in [5.41, 5.74) is 3.82. The largest absolute Gasteiger partial charge is 0.462 e. The molecule has 4 saturated heterocycles. The molecule has 3 aromatic carbocycles. The van der Waals surface area contributed by atoms with E-state index in [0.717, 1.165) is 66.3 Å². The first kappa shape index (κ1) is 59.7. The van der Waals surface area contributed by atoms with Crippen molar-refractivity contribution in [2.45, 2.75) is 109 Å². The van der Waals surface area contributed by atoms with Crippen molar-refractivity contribution in [3.8, 4) is 23.3 Å². The predicted octanol–water partition coefficient (Wildman–Crippen LogP) is 7.14. The predicted molar refractivity (Wildman–Crippen MR) is 320 cm³/mol. The van der Waals surface area contributed by atoms with Crippen LogP contribution in [0.25, 0.3) is 33.8 Å². The molecule has 3 aromatic heterocycles. The van der Waals surface area contributed by atoms with E-state index in [4.69, 9.17) is 25.8 Å². The summed E-state index contributed by atoms with van der Waals surface area (Å²) < 4.78 is 31.4. The smallest absolute Gasteiger partial charge is 0.319 e. The molecule has 2 amide bonds. The minimum absolute atomic E-state index is 0.00307. The summed E-state index contributed by atoms with van der Waals surface area (Å²) in [6.45, 7) is 18.5. The van der Waals surface area contributed by atoms with E-state index in [1.54, 1.807) is 28.1 Å². The summed E-state index contributed by atoms with van der Waals surface area (Å²) in [7, 11) is 1.90. The van der Waals surface area contributed by atoms with Crippen LogP contribution in [0.1, 0.15) is 102 Å². The molecule has 0 unspecified atom stereocenters. The maximum Gasteiger partial charge on any atom is 0.319 e. The fourth-order valence-electron chi connectivity index (χ4n) is 13.0. The number of benzene rings is 3. The molecule has 6 atom stereocenters. The van der Waals surface area contributed by atoms with Crippen molar-refractivity contribution in [3.63, 3.8) is 0 Å². The standard InChI is InChI=1S/C62H69ClFN11O7.C2H6/c1-6-54(79)74-24-23-72(33-42(74)15-19-65)59-47-31-48(63)56(46-29-43(76)28-41-9-7-8-10-45(41)46)57(64)58(47)67-61(68-59)81-26-25-71-21-17-62(18-22-71)35-73(36-62)53-32-52(82-69-53)55(37(2)3)60(80)75-34-44(77)30-50(75)51(78)27-38(4)39-11-13-40(14-12-39)49-16-20-66-70(49)5;1-2/h6-14,16,20,28,31-32,37-38,42-44,50,55,76-77H,1,15,17-18,21-27,29-30,33-36H2,2-5H3;1-2H3/t38-,42+,43-,44-,50+,55-;/m1./s1. The molecule has 2 N–H and O–H groups in total. The molecule has 6 aromatic rings. The number of aryl methyl sites for hydroxylation is 1. The third-order valence-electron chi connectivity index (χ3n) is 17.5. The van der Waals surface area contributed by atoms with Gasteiger partial charge >= 0.3 is 6.01 Å². The molecule has 11 rings (SSSR count). The van der Waals surface area contributed by atoms with Crippen molar-refractivity contribution >= 4 is 63.4 Å². The molecule has 1 spiro atoms. The van der Waals surface area contributed by atoms with Gasteiger partial charge in [-0.1, -0.05) is 106 Å². The summed E-state index contributed by atoms with van der Waals surface area (Å²) in [5, 5.41) is 42.2. The van der Waals surface area contributed by atoms with Crippen LogP contribution in [0, 0.1) is 28.5 Å². The van der Waals surface area contributed by atoms with Gasteiger partial charge in [-0.15, -0.1) is 0 Å². The lowest BCUT2D eigenvalue weighted by molar-refractivity contribution is -0.140. The Kier molecular flexibility index (Phi) is 18.0. The average molecular weight is 1160 g/mol. The van der Waals surface area contributed by atoms with Crippen molar-refractivity contribution < 1.29 is 38.2 Å². The molecule has 84 heavy (non-hydrogen) atoms. The van der Waals surface area contributed by atoms with E-state index in [1.165, 1.54) is 6.08 Å². The van der Waals surface area contributed by atoms with Crippen molar-refractivity contribution in [1.29, 1.82) is 5.26 Å². The summed E-state index contributed by atoms with van der Waals surface area (Å²) in [5.74, 6) is -0.758. The maximum absolute atomic E-state index is 17.3. The number of ether oxygens (including phenoxy) is 1. The minimum Gasteiger partial charge on any atom is -0.462 e. The number of anilines is 2. The molecule has 4 aliphatic heterocycles. The highest BCUT2D eigenvalue weighted by atomic mass is 35.5. The van der Waals surface area contributed by atoms with Gasteiger partial charge in [-0.25, -0.2) is 4.39 Å². The van der Waals surface area contributed by atoms with Crippen LogP contribution in [-0.2, 0) is 21.4 Å². The molecule has 7 heterocycles. The second-order valence-electron chi connectivity index (χ2n) is 23.3. The van der Waals surface area contributed by atoms with Gasteiger partial charge in [0.05, 0.1) is 47.5 Å². The molecule has 0 bridgehead atoms. The fraction of sp³-hybridized carbons (Fsp3) is 0.469. The first-order valence-corrected chi connectivity index (χ1v) is 29.8. The van der Waals surface area contributed by atoms with Crippen molar-refractivity contribution in [3.05, 3.63) is 124 Å². The number of fused-ring (bicyclic) bond motifs is 2. The van der Waals surface area contributed by atoms with Gasteiger partial charge in [0.25, 0.3) is 0 Å². The Bertz CT molecular complexity index is 3580. The molecular formula is C64H75ClFN11O7. The van der Waals surface area contributed by atoms with Gasteiger partial charge in [0, 0.05) is 101 Å². The molecule has 1 aliphatic carbocycles. The van der Waals surface area contributed by atoms with E-state index in [-0.39, 0.29) is 109 Å². The topological polar surface area (TPSA) is 211 Å². The van der Waals surface area contributed by atoms with Crippen LogP contribution < -0.4 is 25.0 Å². The van der Waals surface area contributed by atoms with Crippen LogP contribution in [-0.4, -0.2) is 157 Å². The number of ketones is 1. The van der Waals surface area contributed by atoms with Crippen molar-refractivity contribution in [1.82, 2.24) is 39.6 Å². The summed E-state index contributed by atoms with van der Waals surface area (Å²) >= 11 is 7.01. The number of nitriles is 1. The number of likely N-dealkylation sites (tertiary alicyclic amines) is 2. The second kappa shape index (κ2) is 25.4. The normalized spacial score (nSPS) is 21.0. The van der Waals surface area contributed by atoms with Crippen LogP contribution in [0.15, 0.2) is 90.1 Å².